The fourth-order valence-corrected chi connectivity index (χ4v) is 2.85. The lowest BCUT2D eigenvalue weighted by atomic mass is 10.0. The molecule has 2 aromatic heterocycles. The molecule has 0 spiro atoms. The molecule has 2 aromatic rings. The van der Waals surface area contributed by atoms with Gasteiger partial charge in [-0.2, -0.15) is 0 Å². The van der Waals surface area contributed by atoms with Crippen molar-refractivity contribution in [3.63, 3.8) is 0 Å². The number of aryl methyl sites for hydroxylation is 1. The Morgan fingerprint density at radius 3 is 2.71 bits per heavy atom. The number of hydrogen-bond acceptors (Lipinski definition) is 5. The number of nitrogens with one attached hydrogen (secondary N) is 1. The summed E-state index contributed by atoms with van der Waals surface area (Å²) in [4.78, 5) is 20.2. The third kappa shape index (κ3) is 3.16. The van der Waals surface area contributed by atoms with Crippen molar-refractivity contribution in [1.82, 2.24) is 15.2 Å². The number of amides is 1. The summed E-state index contributed by atoms with van der Waals surface area (Å²) in [6, 6.07) is 3.83. The number of fused-ring (bicyclic) bond motifs is 1. The maximum Gasteiger partial charge on any atom is 0.263 e. The van der Waals surface area contributed by atoms with Gasteiger partial charge in [-0.15, -0.1) is 11.3 Å². The molecule has 0 aromatic carbocycles. The minimum absolute atomic E-state index is 0.115. The lowest BCUT2D eigenvalue weighted by Crippen LogP contribution is -2.48. The van der Waals surface area contributed by atoms with Crippen molar-refractivity contribution < 1.29 is 4.79 Å². The van der Waals surface area contributed by atoms with E-state index < -0.39 is 0 Å². The fourth-order valence-electron chi connectivity index (χ4n) is 1.79. The number of anilines is 1. The monoisotopic (exact) mass is 306 g/mol. The van der Waals surface area contributed by atoms with Gasteiger partial charge in [-0.3, -0.25) is 4.79 Å². The lowest BCUT2D eigenvalue weighted by molar-refractivity contribution is 0.0924. The van der Waals surface area contributed by atoms with E-state index in [-0.39, 0.29) is 11.4 Å². The van der Waals surface area contributed by atoms with Gasteiger partial charge in [0.1, 0.15) is 9.71 Å². The van der Waals surface area contributed by atoms with E-state index in [0.29, 0.717) is 17.1 Å². The summed E-state index contributed by atoms with van der Waals surface area (Å²) in [5, 5.41) is 3.81. The molecule has 2 rings (SSSR count). The third-order valence-corrected chi connectivity index (χ3v) is 4.95. The molecule has 21 heavy (non-hydrogen) atoms. The summed E-state index contributed by atoms with van der Waals surface area (Å²) in [7, 11) is 3.99. The van der Waals surface area contributed by atoms with E-state index >= 15 is 0 Å². The van der Waals surface area contributed by atoms with Crippen LogP contribution in [0.2, 0.25) is 0 Å². The van der Waals surface area contributed by atoms with Crippen LogP contribution >= 0.6 is 11.3 Å². The molecule has 0 aliphatic heterocycles. The molecule has 0 unspecified atom stereocenters. The first kappa shape index (κ1) is 15.7. The Balaban J connectivity index is 2.22. The molecule has 0 saturated carbocycles. The molecule has 114 valence electrons. The first-order valence-corrected chi connectivity index (χ1v) is 7.65. The Morgan fingerprint density at radius 1 is 1.43 bits per heavy atom. The summed E-state index contributed by atoms with van der Waals surface area (Å²) < 4.78 is 0. The molecule has 0 atom stereocenters. The zero-order valence-corrected chi connectivity index (χ0v) is 14.0. The molecule has 0 saturated heterocycles. The van der Waals surface area contributed by atoms with Crippen LogP contribution in [0.1, 0.15) is 29.2 Å². The van der Waals surface area contributed by atoms with E-state index in [1.807, 2.05) is 33.2 Å². The van der Waals surface area contributed by atoms with Gasteiger partial charge in [0.15, 0.2) is 0 Å². The Bertz CT molecular complexity index is 676. The summed E-state index contributed by atoms with van der Waals surface area (Å²) in [6.45, 7) is 6.63. The molecule has 0 radical (unpaired) electrons. The van der Waals surface area contributed by atoms with E-state index in [0.717, 1.165) is 15.9 Å². The average molecular weight is 306 g/mol. The third-order valence-electron chi connectivity index (χ3n) is 3.83. The van der Waals surface area contributed by atoms with Crippen LogP contribution in [0.15, 0.2) is 12.1 Å². The van der Waals surface area contributed by atoms with Gasteiger partial charge in [0, 0.05) is 23.2 Å². The Hall–Kier alpha value is -1.66. The largest absolute Gasteiger partial charge is 0.397 e. The van der Waals surface area contributed by atoms with Crippen LogP contribution in [0.25, 0.3) is 10.2 Å². The van der Waals surface area contributed by atoms with Crippen molar-refractivity contribution in [2.45, 2.75) is 26.3 Å². The lowest BCUT2D eigenvalue weighted by Gasteiger charge is -2.32. The van der Waals surface area contributed by atoms with E-state index in [4.69, 9.17) is 5.73 Å². The van der Waals surface area contributed by atoms with Crippen molar-refractivity contribution in [2.75, 3.05) is 26.4 Å². The quantitative estimate of drug-likeness (QED) is 0.909. The van der Waals surface area contributed by atoms with Crippen molar-refractivity contribution in [1.29, 1.82) is 0 Å². The van der Waals surface area contributed by atoms with E-state index in [9.17, 15) is 4.79 Å². The van der Waals surface area contributed by atoms with Gasteiger partial charge in [0.2, 0.25) is 0 Å². The zero-order chi connectivity index (χ0) is 15.8. The second kappa shape index (κ2) is 5.61. The molecular weight excluding hydrogens is 284 g/mol. The predicted molar refractivity (Wildman–Crippen MR) is 88.9 cm³/mol. The zero-order valence-electron chi connectivity index (χ0n) is 13.2. The number of pyridine rings is 1. The van der Waals surface area contributed by atoms with Crippen LogP contribution < -0.4 is 11.1 Å². The van der Waals surface area contributed by atoms with E-state index in [1.54, 1.807) is 0 Å². The normalized spacial score (nSPS) is 12.1. The van der Waals surface area contributed by atoms with E-state index in [2.05, 4.69) is 29.0 Å². The Kier molecular flexibility index (Phi) is 4.20. The number of aromatic nitrogens is 1. The average Bonchev–Trinajstić information content (AvgIpc) is 2.72. The predicted octanol–water partition coefficient (Wildman–Crippen LogP) is 2.26. The summed E-state index contributed by atoms with van der Waals surface area (Å²) in [5.74, 6) is -0.136. The van der Waals surface area contributed by atoms with E-state index in [1.165, 1.54) is 11.3 Å². The van der Waals surface area contributed by atoms with Crippen LogP contribution in [0, 0.1) is 6.92 Å². The highest BCUT2D eigenvalue weighted by Gasteiger charge is 2.23. The topological polar surface area (TPSA) is 71.2 Å². The number of thiophene rings is 1. The van der Waals surface area contributed by atoms with Crippen LogP contribution in [-0.2, 0) is 0 Å². The van der Waals surface area contributed by atoms with Gasteiger partial charge in [-0.05, 0) is 47.0 Å². The number of rotatable bonds is 4. The van der Waals surface area contributed by atoms with Gasteiger partial charge in [0.05, 0.1) is 5.69 Å². The van der Waals surface area contributed by atoms with Crippen LogP contribution in [0.5, 0.6) is 0 Å². The molecule has 5 nitrogen and oxygen atoms in total. The highest BCUT2D eigenvalue weighted by molar-refractivity contribution is 7.21. The summed E-state index contributed by atoms with van der Waals surface area (Å²) >= 11 is 1.34. The number of hydrogen-bond donors (Lipinski definition) is 2. The second-order valence-corrected chi connectivity index (χ2v) is 7.04. The SMILES string of the molecule is Cc1ccc2c(N)c(C(=O)NCC(C)(C)N(C)C)sc2n1. The Morgan fingerprint density at radius 2 is 2.10 bits per heavy atom. The van der Waals surface area contributed by atoms with Gasteiger partial charge in [-0.25, -0.2) is 4.98 Å². The van der Waals surface area contributed by atoms with Crippen LogP contribution in [0.4, 0.5) is 5.69 Å². The van der Waals surface area contributed by atoms with Crippen molar-refractivity contribution in [3.05, 3.63) is 22.7 Å². The smallest absolute Gasteiger partial charge is 0.263 e. The summed E-state index contributed by atoms with van der Waals surface area (Å²) in [5.41, 5.74) is 7.41. The number of nitrogens with two attached hydrogens (primary N) is 1. The highest BCUT2D eigenvalue weighted by atomic mass is 32.1. The van der Waals surface area contributed by atoms with Gasteiger partial charge >= 0.3 is 0 Å². The minimum Gasteiger partial charge on any atom is -0.397 e. The van der Waals surface area contributed by atoms with Crippen molar-refractivity contribution >= 4 is 33.1 Å². The minimum atomic E-state index is -0.136. The van der Waals surface area contributed by atoms with Crippen LogP contribution in [-0.4, -0.2) is 42.0 Å². The highest BCUT2D eigenvalue weighted by Crippen LogP contribution is 2.32. The Labute approximate surface area is 129 Å². The molecule has 6 heteroatoms. The molecule has 3 N–H and O–H groups in total. The molecule has 0 aliphatic carbocycles. The first-order valence-electron chi connectivity index (χ1n) is 6.83. The number of carbonyl (C=O) groups excluding carboxylic acids is 1. The molecule has 2 heterocycles. The molecule has 1 amide bonds. The summed E-state index contributed by atoms with van der Waals surface area (Å²) in [6.07, 6.45) is 0. The number of carbonyl (C=O) groups is 1. The standard InChI is InChI=1S/C15H22N4OS/c1-9-6-7-10-11(16)12(21-14(10)18-9)13(20)17-8-15(2,3)19(4)5/h6-7H,8,16H2,1-5H3,(H,17,20). The molecule has 0 bridgehead atoms. The number of nitrogen functional groups attached to an aromatic ring is 1. The van der Waals surface area contributed by atoms with Crippen LogP contribution in [0.3, 0.4) is 0 Å². The molecular formula is C15H22N4OS. The molecule has 0 fully saturated rings. The number of likely N-dealkylation sites (N-methyl/N-ethyl adjacent to an activating group) is 1. The maximum atomic E-state index is 12.4. The molecule has 0 aliphatic rings. The second-order valence-electron chi connectivity index (χ2n) is 6.04. The maximum absolute atomic E-state index is 12.4. The first-order chi connectivity index (χ1) is 9.72. The van der Waals surface area contributed by atoms with Gasteiger partial charge < -0.3 is 16.0 Å². The number of nitrogens with zero attached hydrogens (tertiary/aromatic N) is 2. The van der Waals surface area contributed by atoms with Crippen molar-refractivity contribution in [2.24, 2.45) is 0 Å². The fraction of sp³-hybridized carbons (Fsp3) is 0.467. The van der Waals surface area contributed by atoms with Gasteiger partial charge in [-0.1, -0.05) is 0 Å². The van der Waals surface area contributed by atoms with Gasteiger partial charge in [0.25, 0.3) is 5.91 Å². The van der Waals surface area contributed by atoms with Crippen molar-refractivity contribution in [3.8, 4) is 0 Å².